The first-order chi connectivity index (χ1) is 5.36. The summed E-state index contributed by atoms with van der Waals surface area (Å²) in [5, 5.41) is 20.6. The second kappa shape index (κ2) is 4.45. The Hall–Kier alpha value is -0.580. The highest BCUT2D eigenvalue weighted by molar-refractivity contribution is 6.29. The number of aliphatic carboxylic acids is 1. The second-order valence-corrected chi connectivity index (χ2v) is 3.23. The van der Waals surface area contributed by atoms with Crippen LogP contribution in [0.3, 0.4) is 0 Å². The number of carboxylic acids is 1. The lowest BCUT2D eigenvalue weighted by Gasteiger charge is -2.17. The average Bonchev–Trinajstić information content (AvgIpc) is 1.85. The van der Waals surface area contributed by atoms with Crippen LogP contribution < -0.4 is 5.32 Å². The first-order valence-corrected chi connectivity index (χ1v) is 3.74. The zero-order valence-corrected chi connectivity index (χ0v) is 7.56. The molecule has 0 heterocycles. The summed E-state index contributed by atoms with van der Waals surface area (Å²) in [5.74, 6) is -1.27. The number of carboxylic acid groups (broad SMARTS) is 1. The SMILES string of the molecule is C=C(Cl)CNCC(C)(O)C(=O)O. The molecule has 0 aromatic carbocycles. The van der Waals surface area contributed by atoms with Crippen molar-refractivity contribution in [2.75, 3.05) is 13.1 Å². The number of halogens is 1. The van der Waals surface area contributed by atoms with Crippen LogP contribution in [0.15, 0.2) is 11.6 Å². The van der Waals surface area contributed by atoms with Crippen molar-refractivity contribution < 1.29 is 15.0 Å². The Morgan fingerprint density at radius 3 is 2.58 bits per heavy atom. The highest BCUT2D eigenvalue weighted by Crippen LogP contribution is 2.01. The van der Waals surface area contributed by atoms with Crippen molar-refractivity contribution in [2.24, 2.45) is 0 Å². The minimum Gasteiger partial charge on any atom is -0.479 e. The Labute approximate surface area is 75.8 Å². The van der Waals surface area contributed by atoms with E-state index >= 15 is 0 Å². The van der Waals surface area contributed by atoms with Crippen LogP contribution in [-0.4, -0.2) is 34.9 Å². The average molecular weight is 194 g/mol. The molecular formula is C7H12ClNO3. The van der Waals surface area contributed by atoms with Gasteiger partial charge in [-0.1, -0.05) is 18.2 Å². The number of rotatable bonds is 5. The van der Waals surface area contributed by atoms with Crippen molar-refractivity contribution in [3.05, 3.63) is 11.6 Å². The van der Waals surface area contributed by atoms with Gasteiger partial charge in [0.25, 0.3) is 0 Å². The molecule has 0 aromatic heterocycles. The van der Waals surface area contributed by atoms with Gasteiger partial charge in [-0.2, -0.15) is 0 Å². The predicted molar refractivity (Wildman–Crippen MR) is 46.1 cm³/mol. The van der Waals surface area contributed by atoms with Crippen LogP contribution in [0, 0.1) is 0 Å². The van der Waals surface area contributed by atoms with Gasteiger partial charge in [0.15, 0.2) is 5.60 Å². The molecule has 0 aliphatic carbocycles. The van der Waals surface area contributed by atoms with E-state index in [4.69, 9.17) is 21.8 Å². The summed E-state index contributed by atoms with van der Waals surface area (Å²) in [6.07, 6.45) is 0. The Kier molecular flexibility index (Phi) is 4.23. The van der Waals surface area contributed by atoms with Gasteiger partial charge in [-0.15, -0.1) is 0 Å². The van der Waals surface area contributed by atoms with Gasteiger partial charge in [-0.25, -0.2) is 4.79 Å². The third-order valence-electron chi connectivity index (χ3n) is 1.25. The number of hydrogen-bond donors (Lipinski definition) is 3. The molecule has 0 aromatic rings. The topological polar surface area (TPSA) is 69.6 Å². The van der Waals surface area contributed by atoms with Crippen molar-refractivity contribution in [3.63, 3.8) is 0 Å². The Balaban J connectivity index is 3.76. The molecular weight excluding hydrogens is 182 g/mol. The predicted octanol–water partition coefficient (Wildman–Crippen LogP) is 0.164. The van der Waals surface area contributed by atoms with Gasteiger partial charge in [-0.05, 0) is 6.92 Å². The van der Waals surface area contributed by atoms with Crippen LogP contribution in [0.1, 0.15) is 6.92 Å². The smallest absolute Gasteiger partial charge is 0.336 e. The number of hydrogen-bond acceptors (Lipinski definition) is 3. The minimum atomic E-state index is -1.76. The summed E-state index contributed by atoms with van der Waals surface area (Å²) in [7, 11) is 0. The van der Waals surface area contributed by atoms with Gasteiger partial charge < -0.3 is 15.5 Å². The van der Waals surface area contributed by atoms with Crippen LogP contribution in [0.4, 0.5) is 0 Å². The molecule has 1 unspecified atom stereocenters. The normalized spacial score (nSPS) is 15.2. The van der Waals surface area contributed by atoms with E-state index in [0.717, 1.165) is 0 Å². The van der Waals surface area contributed by atoms with Crippen LogP contribution >= 0.6 is 11.6 Å². The van der Waals surface area contributed by atoms with Gasteiger partial charge in [0.1, 0.15) is 0 Å². The first kappa shape index (κ1) is 11.4. The quantitative estimate of drug-likeness (QED) is 0.582. The standard InChI is InChI=1S/C7H12ClNO3/c1-5(8)3-9-4-7(2,12)6(10)11/h9,12H,1,3-4H2,2H3,(H,10,11). The summed E-state index contributed by atoms with van der Waals surface area (Å²) in [6, 6.07) is 0. The third-order valence-corrected chi connectivity index (χ3v) is 1.38. The van der Waals surface area contributed by atoms with Gasteiger partial charge >= 0.3 is 5.97 Å². The van der Waals surface area contributed by atoms with Gasteiger partial charge in [0.05, 0.1) is 0 Å². The molecule has 0 saturated heterocycles. The van der Waals surface area contributed by atoms with Crippen molar-refractivity contribution in [1.82, 2.24) is 5.32 Å². The van der Waals surface area contributed by atoms with Gasteiger partial charge in [-0.3, -0.25) is 0 Å². The zero-order chi connectivity index (χ0) is 9.78. The molecule has 70 valence electrons. The molecule has 4 nitrogen and oxygen atoms in total. The molecule has 1 atom stereocenters. The van der Waals surface area contributed by atoms with E-state index < -0.39 is 11.6 Å². The van der Waals surface area contributed by atoms with E-state index in [-0.39, 0.29) is 13.1 Å². The highest BCUT2D eigenvalue weighted by Gasteiger charge is 2.28. The number of carbonyl (C=O) groups is 1. The third kappa shape index (κ3) is 4.33. The molecule has 0 radical (unpaired) electrons. The molecule has 0 aliphatic rings. The Morgan fingerprint density at radius 1 is 1.75 bits per heavy atom. The summed E-state index contributed by atoms with van der Waals surface area (Å²) in [5.41, 5.74) is -1.76. The lowest BCUT2D eigenvalue weighted by Crippen LogP contribution is -2.45. The van der Waals surface area contributed by atoms with Crippen molar-refractivity contribution >= 4 is 17.6 Å². The zero-order valence-electron chi connectivity index (χ0n) is 6.80. The molecule has 0 rings (SSSR count). The fourth-order valence-electron chi connectivity index (χ4n) is 0.517. The molecule has 12 heavy (non-hydrogen) atoms. The fraction of sp³-hybridized carbons (Fsp3) is 0.571. The summed E-state index contributed by atoms with van der Waals surface area (Å²) >= 11 is 5.40. The largest absolute Gasteiger partial charge is 0.479 e. The van der Waals surface area contributed by atoms with E-state index in [1.165, 1.54) is 6.92 Å². The van der Waals surface area contributed by atoms with Crippen LogP contribution in [0.5, 0.6) is 0 Å². The fourth-order valence-corrected chi connectivity index (χ4v) is 0.612. The van der Waals surface area contributed by atoms with E-state index in [2.05, 4.69) is 11.9 Å². The Morgan fingerprint density at radius 2 is 2.25 bits per heavy atom. The van der Waals surface area contributed by atoms with Gasteiger partial charge in [0.2, 0.25) is 0 Å². The molecule has 3 N–H and O–H groups in total. The van der Waals surface area contributed by atoms with E-state index in [1.807, 2.05) is 0 Å². The van der Waals surface area contributed by atoms with Crippen molar-refractivity contribution in [3.8, 4) is 0 Å². The molecule has 5 heteroatoms. The van der Waals surface area contributed by atoms with E-state index in [9.17, 15) is 4.79 Å². The lowest BCUT2D eigenvalue weighted by atomic mass is 10.1. The van der Waals surface area contributed by atoms with E-state index in [0.29, 0.717) is 5.03 Å². The van der Waals surface area contributed by atoms with Crippen LogP contribution in [0.2, 0.25) is 0 Å². The van der Waals surface area contributed by atoms with E-state index in [1.54, 1.807) is 0 Å². The molecule has 0 spiro atoms. The monoisotopic (exact) mass is 193 g/mol. The highest BCUT2D eigenvalue weighted by atomic mass is 35.5. The molecule has 0 bridgehead atoms. The number of aliphatic hydroxyl groups is 1. The van der Waals surface area contributed by atoms with Crippen LogP contribution in [-0.2, 0) is 4.79 Å². The maximum Gasteiger partial charge on any atom is 0.336 e. The molecule has 0 fully saturated rings. The van der Waals surface area contributed by atoms with Crippen molar-refractivity contribution in [2.45, 2.75) is 12.5 Å². The maximum atomic E-state index is 10.4. The van der Waals surface area contributed by atoms with Crippen LogP contribution in [0.25, 0.3) is 0 Å². The minimum absolute atomic E-state index is 0.0614. The second-order valence-electron chi connectivity index (χ2n) is 2.70. The molecule has 0 amide bonds. The molecule has 0 saturated carbocycles. The summed E-state index contributed by atoms with van der Waals surface area (Å²) < 4.78 is 0. The molecule has 0 aliphatic heterocycles. The number of nitrogens with one attached hydrogen (secondary N) is 1. The summed E-state index contributed by atoms with van der Waals surface area (Å²) in [6.45, 7) is 4.82. The summed E-state index contributed by atoms with van der Waals surface area (Å²) in [4.78, 5) is 10.4. The van der Waals surface area contributed by atoms with Gasteiger partial charge in [0, 0.05) is 18.1 Å². The lowest BCUT2D eigenvalue weighted by molar-refractivity contribution is -0.156. The first-order valence-electron chi connectivity index (χ1n) is 3.36. The maximum absolute atomic E-state index is 10.4. The Bertz CT molecular complexity index is 191. The van der Waals surface area contributed by atoms with Crippen molar-refractivity contribution in [1.29, 1.82) is 0 Å².